The lowest BCUT2D eigenvalue weighted by Gasteiger charge is -2.18. The van der Waals surface area contributed by atoms with Crippen molar-refractivity contribution >= 4 is 19.8 Å². The van der Waals surface area contributed by atoms with Crippen LogP contribution >= 0.6 is 7.82 Å². The first-order valence-corrected chi connectivity index (χ1v) is 25.4. The van der Waals surface area contributed by atoms with Gasteiger partial charge in [-0.05, 0) is 12.8 Å². The first-order valence-electron chi connectivity index (χ1n) is 23.8. The zero-order valence-corrected chi connectivity index (χ0v) is 37.3. The van der Waals surface area contributed by atoms with Gasteiger partial charge in [0, 0.05) is 12.8 Å². The number of rotatable bonds is 45. The molecule has 2 N–H and O–H groups in total. The van der Waals surface area contributed by atoms with Gasteiger partial charge in [-0.15, -0.1) is 0 Å². The molecule has 0 saturated carbocycles. The monoisotopic (exact) mass is 803 g/mol. The van der Waals surface area contributed by atoms with Crippen LogP contribution in [-0.2, 0) is 28.2 Å². The molecule has 0 saturated heterocycles. The second-order valence-corrected chi connectivity index (χ2v) is 17.7. The predicted molar refractivity (Wildman–Crippen MR) is 230 cm³/mol. The number of ether oxygens (including phenoxy) is 2. The Hall–Kier alpha value is -0.950. The van der Waals surface area contributed by atoms with E-state index in [4.69, 9.17) is 19.3 Å². The molecule has 0 aliphatic carbocycles. The number of unbranched alkanes of at least 4 members (excludes halogenated alkanes) is 35. The van der Waals surface area contributed by atoms with Gasteiger partial charge in [-0.2, -0.15) is 0 Å². The smallest absolute Gasteiger partial charge is 0.462 e. The molecule has 0 unspecified atom stereocenters. The number of esters is 2. The van der Waals surface area contributed by atoms with E-state index in [9.17, 15) is 14.2 Å². The van der Waals surface area contributed by atoms with E-state index in [1.807, 2.05) is 0 Å². The quantitative estimate of drug-likeness (QED) is 0.0355. The van der Waals surface area contributed by atoms with E-state index in [0.29, 0.717) is 6.42 Å². The molecule has 0 radical (unpaired) electrons. The highest BCUT2D eigenvalue weighted by atomic mass is 31.2. The van der Waals surface area contributed by atoms with Gasteiger partial charge in [0.2, 0.25) is 0 Å². The second kappa shape index (κ2) is 42.7. The van der Waals surface area contributed by atoms with Crippen molar-refractivity contribution in [1.82, 2.24) is 0 Å². The average Bonchev–Trinajstić information content (AvgIpc) is 3.16. The minimum absolute atomic E-state index is 0.221. The molecule has 0 rings (SSSR count). The van der Waals surface area contributed by atoms with Crippen molar-refractivity contribution in [3.63, 3.8) is 0 Å². The minimum Gasteiger partial charge on any atom is -0.462 e. The summed E-state index contributed by atoms with van der Waals surface area (Å²) in [6.07, 6.45) is 46.9. The van der Waals surface area contributed by atoms with Crippen LogP contribution in [-0.4, -0.2) is 41.0 Å². The maximum atomic E-state index is 12.4. The zero-order chi connectivity index (χ0) is 40.3. The lowest BCUT2D eigenvalue weighted by molar-refractivity contribution is -0.161. The highest BCUT2D eigenvalue weighted by molar-refractivity contribution is 7.46. The lowest BCUT2D eigenvalue weighted by atomic mass is 10.0. The van der Waals surface area contributed by atoms with Crippen LogP contribution in [0.4, 0.5) is 0 Å². The Morgan fingerprint density at radius 2 is 0.655 bits per heavy atom. The Bertz CT molecular complexity index is 863. The van der Waals surface area contributed by atoms with E-state index in [-0.39, 0.29) is 19.4 Å². The molecule has 1 atom stereocenters. The fourth-order valence-electron chi connectivity index (χ4n) is 7.32. The van der Waals surface area contributed by atoms with E-state index in [1.54, 1.807) is 0 Å². The Morgan fingerprint density at radius 3 is 0.927 bits per heavy atom. The van der Waals surface area contributed by atoms with Crippen molar-refractivity contribution in [2.45, 2.75) is 270 Å². The summed E-state index contributed by atoms with van der Waals surface area (Å²) in [5.74, 6) is -0.863. The van der Waals surface area contributed by atoms with E-state index >= 15 is 0 Å². The molecule has 0 aromatic rings. The third-order valence-corrected chi connectivity index (χ3v) is 11.4. The van der Waals surface area contributed by atoms with Crippen molar-refractivity contribution in [2.24, 2.45) is 0 Å². The number of carbonyl (C=O) groups excluding carboxylic acids is 2. The Morgan fingerprint density at radius 1 is 0.400 bits per heavy atom. The van der Waals surface area contributed by atoms with Crippen LogP contribution in [0.15, 0.2) is 0 Å². The van der Waals surface area contributed by atoms with E-state index in [0.717, 1.165) is 32.1 Å². The van der Waals surface area contributed by atoms with Gasteiger partial charge in [0.15, 0.2) is 6.10 Å². The standard InChI is InChI=1S/C46H91O8P/c1-3-5-7-9-11-13-15-17-19-21-22-23-25-27-29-31-33-35-37-39-41-46(48)54-44(43-53-55(49,50)51)42-52-45(47)40-38-36-34-32-30-28-26-24-20-18-16-14-12-10-8-6-4-2/h44H,3-43H2,1-2H3,(H2,49,50,51)/t44-/m1/s1. The van der Waals surface area contributed by atoms with Crippen LogP contribution in [0.25, 0.3) is 0 Å². The molecule has 0 spiro atoms. The van der Waals surface area contributed by atoms with E-state index in [2.05, 4.69) is 18.4 Å². The summed E-state index contributed by atoms with van der Waals surface area (Å²) in [5.41, 5.74) is 0. The molecule has 0 aliphatic rings. The van der Waals surface area contributed by atoms with Gasteiger partial charge in [-0.1, -0.05) is 239 Å². The van der Waals surface area contributed by atoms with Gasteiger partial charge < -0.3 is 19.3 Å². The summed E-state index contributed by atoms with van der Waals surface area (Å²) in [7, 11) is -4.75. The molecule has 328 valence electrons. The van der Waals surface area contributed by atoms with Crippen LogP contribution in [0.5, 0.6) is 0 Å². The fourth-order valence-corrected chi connectivity index (χ4v) is 7.68. The molecule has 55 heavy (non-hydrogen) atoms. The van der Waals surface area contributed by atoms with E-state index in [1.165, 1.54) is 199 Å². The molecular formula is C46H91O8P. The fraction of sp³-hybridized carbons (Fsp3) is 0.957. The highest BCUT2D eigenvalue weighted by Crippen LogP contribution is 2.36. The summed E-state index contributed by atoms with van der Waals surface area (Å²) < 4.78 is 26.5. The van der Waals surface area contributed by atoms with Crippen LogP contribution in [0, 0.1) is 0 Å². The number of phosphoric ester groups is 1. The number of carbonyl (C=O) groups is 2. The van der Waals surface area contributed by atoms with Gasteiger partial charge in [0.25, 0.3) is 0 Å². The molecule has 8 nitrogen and oxygen atoms in total. The zero-order valence-electron chi connectivity index (χ0n) is 36.4. The van der Waals surface area contributed by atoms with E-state index < -0.39 is 32.5 Å². The topological polar surface area (TPSA) is 119 Å². The summed E-state index contributed by atoms with van der Waals surface area (Å²) in [4.78, 5) is 43.0. The number of phosphoric acid groups is 1. The molecule has 0 heterocycles. The first-order chi connectivity index (χ1) is 26.8. The average molecular weight is 803 g/mol. The molecule has 0 aromatic carbocycles. The molecule has 9 heteroatoms. The summed E-state index contributed by atoms with van der Waals surface area (Å²) in [5, 5.41) is 0. The van der Waals surface area contributed by atoms with Crippen molar-refractivity contribution in [3.8, 4) is 0 Å². The second-order valence-electron chi connectivity index (χ2n) is 16.5. The van der Waals surface area contributed by atoms with Gasteiger partial charge in [-0.25, -0.2) is 4.57 Å². The maximum absolute atomic E-state index is 12.4. The molecule has 0 aromatic heterocycles. The molecule has 0 fully saturated rings. The van der Waals surface area contributed by atoms with Crippen molar-refractivity contribution in [1.29, 1.82) is 0 Å². The normalized spacial score (nSPS) is 12.3. The number of hydrogen-bond donors (Lipinski definition) is 2. The Kier molecular flexibility index (Phi) is 41.9. The third kappa shape index (κ3) is 45.6. The maximum Gasteiger partial charge on any atom is 0.469 e. The lowest BCUT2D eigenvalue weighted by Crippen LogP contribution is -2.29. The molecular weight excluding hydrogens is 711 g/mol. The third-order valence-electron chi connectivity index (χ3n) is 10.9. The summed E-state index contributed by atoms with van der Waals surface area (Å²) in [6.45, 7) is 3.74. The van der Waals surface area contributed by atoms with Gasteiger partial charge in [0.1, 0.15) is 6.61 Å². The van der Waals surface area contributed by atoms with Crippen molar-refractivity contribution < 1.29 is 37.9 Å². The summed E-state index contributed by atoms with van der Waals surface area (Å²) in [6, 6.07) is 0. The molecule has 0 bridgehead atoms. The highest BCUT2D eigenvalue weighted by Gasteiger charge is 2.23. The van der Waals surface area contributed by atoms with Crippen LogP contribution in [0.3, 0.4) is 0 Å². The SMILES string of the molecule is CCCCCCCCCCCCCCCCCCCCCCC(=O)O[C@H](COC(=O)CCCCCCCCCCCCCCCCCCC)COP(=O)(O)O. The van der Waals surface area contributed by atoms with Gasteiger partial charge >= 0.3 is 19.8 Å². The molecule has 0 amide bonds. The predicted octanol–water partition coefficient (Wildman–Crippen LogP) is 14.8. The Balaban J connectivity index is 3.79. The van der Waals surface area contributed by atoms with Gasteiger partial charge in [-0.3, -0.25) is 14.1 Å². The van der Waals surface area contributed by atoms with Crippen LogP contribution < -0.4 is 0 Å². The largest absolute Gasteiger partial charge is 0.469 e. The minimum atomic E-state index is -4.75. The first kappa shape index (κ1) is 54.0. The Labute approximate surface area is 340 Å². The molecule has 0 aliphatic heterocycles. The van der Waals surface area contributed by atoms with Crippen LogP contribution in [0.2, 0.25) is 0 Å². The summed E-state index contributed by atoms with van der Waals surface area (Å²) >= 11 is 0. The van der Waals surface area contributed by atoms with Crippen molar-refractivity contribution in [2.75, 3.05) is 13.2 Å². The number of hydrogen-bond acceptors (Lipinski definition) is 6. The van der Waals surface area contributed by atoms with Crippen LogP contribution in [0.1, 0.15) is 264 Å². The van der Waals surface area contributed by atoms with Crippen molar-refractivity contribution in [3.05, 3.63) is 0 Å². The van der Waals surface area contributed by atoms with Gasteiger partial charge in [0.05, 0.1) is 6.61 Å².